The summed E-state index contributed by atoms with van der Waals surface area (Å²) < 4.78 is 0. The van der Waals surface area contributed by atoms with Crippen LogP contribution >= 0.6 is 0 Å². The van der Waals surface area contributed by atoms with Crippen LogP contribution in [0.4, 0.5) is 0 Å². The Hall–Kier alpha value is -8.03. The normalized spacial score (nSPS) is 11.5. The summed E-state index contributed by atoms with van der Waals surface area (Å²) >= 11 is 0. The third-order valence-corrected chi connectivity index (χ3v) is 11.4. The zero-order valence-corrected chi connectivity index (χ0v) is 32.9. The average molecular weight is 770 g/mol. The second kappa shape index (κ2) is 14.4. The topological polar surface area (TPSA) is 90.2 Å². The molecule has 0 atom stereocenters. The van der Waals surface area contributed by atoms with E-state index in [-0.39, 0.29) is 0 Å². The molecule has 0 saturated carbocycles. The fourth-order valence-electron chi connectivity index (χ4n) is 8.54. The minimum absolute atomic E-state index is 0.617. The van der Waals surface area contributed by atoms with Gasteiger partial charge >= 0.3 is 0 Å². The molecule has 0 amide bonds. The van der Waals surface area contributed by atoms with Crippen molar-refractivity contribution < 1.29 is 0 Å². The van der Waals surface area contributed by atoms with Crippen LogP contribution in [0.2, 0.25) is 0 Å². The molecule has 7 nitrogen and oxygen atoms in total. The Kier molecular flexibility index (Phi) is 8.45. The molecule has 0 aliphatic rings. The highest BCUT2D eigenvalue weighted by Gasteiger charge is 2.23. The first-order valence-electron chi connectivity index (χ1n) is 20.0. The van der Waals surface area contributed by atoms with Crippen LogP contribution in [0.15, 0.2) is 176 Å². The first-order chi connectivity index (χ1) is 29.6. The minimum atomic E-state index is 0.617. The molecule has 5 heterocycles. The summed E-state index contributed by atoms with van der Waals surface area (Å²) in [6.45, 7) is 4.43. The number of aryl methyl sites for hydroxylation is 2. The molecule has 0 saturated heterocycles. The van der Waals surface area contributed by atoms with E-state index >= 15 is 0 Å². The van der Waals surface area contributed by atoms with Gasteiger partial charge in [-0.3, -0.25) is 9.97 Å². The highest BCUT2D eigenvalue weighted by atomic mass is 15.0. The van der Waals surface area contributed by atoms with Gasteiger partial charge in [-0.05, 0) is 83.3 Å². The molecule has 11 rings (SSSR count). The molecule has 0 radical (unpaired) electrons. The zero-order chi connectivity index (χ0) is 40.2. The SMILES string of the molecule is Cc1c2c(-c3ccccn3)nc3cc(-c4ccc(-c5nc(-c6ccccc6)nc(-c6ccccc6)n5)cc4)ccc3c2c(C)c2c(-c3ccccn3)nc3ccccc3c12. The maximum absolute atomic E-state index is 5.45. The van der Waals surface area contributed by atoms with Crippen molar-refractivity contribution in [1.82, 2.24) is 34.9 Å². The fourth-order valence-corrected chi connectivity index (χ4v) is 8.54. The van der Waals surface area contributed by atoms with Crippen molar-refractivity contribution in [1.29, 1.82) is 0 Å². The van der Waals surface area contributed by atoms with Crippen LogP contribution in [0.1, 0.15) is 11.1 Å². The molecule has 282 valence electrons. The highest BCUT2D eigenvalue weighted by Crippen LogP contribution is 2.45. The van der Waals surface area contributed by atoms with E-state index in [1.807, 2.05) is 116 Å². The molecule has 6 aromatic carbocycles. The lowest BCUT2D eigenvalue weighted by Gasteiger charge is -2.20. The van der Waals surface area contributed by atoms with Crippen LogP contribution in [-0.4, -0.2) is 34.9 Å². The molecule has 11 aromatic rings. The number of hydrogen-bond acceptors (Lipinski definition) is 7. The number of benzene rings is 6. The summed E-state index contributed by atoms with van der Waals surface area (Å²) in [5.41, 5.74) is 12.4. The number of fused-ring (bicyclic) bond motifs is 6. The Balaban J connectivity index is 1.10. The summed E-state index contributed by atoms with van der Waals surface area (Å²) in [4.78, 5) is 35.1. The average Bonchev–Trinajstić information content (AvgIpc) is 3.33. The van der Waals surface area contributed by atoms with Crippen LogP contribution in [0.3, 0.4) is 0 Å². The zero-order valence-electron chi connectivity index (χ0n) is 32.9. The van der Waals surface area contributed by atoms with Crippen LogP contribution in [0.5, 0.6) is 0 Å². The quantitative estimate of drug-likeness (QED) is 0.123. The van der Waals surface area contributed by atoms with Gasteiger partial charge < -0.3 is 0 Å². The van der Waals surface area contributed by atoms with Gasteiger partial charge in [0.15, 0.2) is 17.5 Å². The summed E-state index contributed by atoms with van der Waals surface area (Å²) in [5.74, 6) is 1.88. The molecule has 0 fully saturated rings. The van der Waals surface area contributed by atoms with Gasteiger partial charge in [-0.1, -0.05) is 127 Å². The molecule has 0 aliphatic carbocycles. The van der Waals surface area contributed by atoms with E-state index in [0.717, 1.165) is 105 Å². The summed E-state index contributed by atoms with van der Waals surface area (Å²) in [5, 5.41) is 6.66. The molecule has 0 spiro atoms. The van der Waals surface area contributed by atoms with Gasteiger partial charge in [0.2, 0.25) is 0 Å². The van der Waals surface area contributed by atoms with Gasteiger partial charge in [-0.15, -0.1) is 0 Å². The molecule has 5 aromatic heterocycles. The van der Waals surface area contributed by atoms with Crippen LogP contribution in [0, 0.1) is 13.8 Å². The van der Waals surface area contributed by atoms with E-state index < -0.39 is 0 Å². The van der Waals surface area contributed by atoms with Gasteiger partial charge in [-0.2, -0.15) is 0 Å². The van der Waals surface area contributed by atoms with Gasteiger partial charge in [0.25, 0.3) is 0 Å². The number of hydrogen-bond donors (Lipinski definition) is 0. The number of nitrogens with zero attached hydrogens (tertiary/aromatic N) is 7. The highest BCUT2D eigenvalue weighted by molar-refractivity contribution is 6.25. The van der Waals surface area contributed by atoms with Gasteiger partial charge in [0, 0.05) is 50.6 Å². The van der Waals surface area contributed by atoms with Crippen LogP contribution in [-0.2, 0) is 0 Å². The third-order valence-electron chi connectivity index (χ3n) is 11.4. The Labute approximate surface area is 346 Å². The number of para-hydroxylation sites is 1. The van der Waals surface area contributed by atoms with E-state index in [1.165, 1.54) is 0 Å². The second-order valence-corrected chi connectivity index (χ2v) is 15.0. The van der Waals surface area contributed by atoms with Crippen molar-refractivity contribution in [2.75, 3.05) is 0 Å². The molecule has 0 N–H and O–H groups in total. The molecule has 0 aliphatic heterocycles. The van der Waals surface area contributed by atoms with E-state index in [9.17, 15) is 0 Å². The number of rotatable bonds is 6. The lowest BCUT2D eigenvalue weighted by molar-refractivity contribution is 1.07. The van der Waals surface area contributed by atoms with Gasteiger partial charge in [0.05, 0.1) is 33.8 Å². The van der Waals surface area contributed by atoms with Gasteiger partial charge in [-0.25, -0.2) is 24.9 Å². The van der Waals surface area contributed by atoms with Crippen LogP contribution in [0.25, 0.3) is 111 Å². The molecule has 60 heavy (non-hydrogen) atoms. The Bertz CT molecular complexity index is 3350. The van der Waals surface area contributed by atoms with E-state index in [2.05, 4.69) is 74.5 Å². The van der Waals surface area contributed by atoms with Crippen molar-refractivity contribution in [2.45, 2.75) is 13.8 Å². The first kappa shape index (κ1) is 35.2. The Morgan fingerprint density at radius 1 is 0.317 bits per heavy atom. The molecular formula is C53H35N7. The largest absolute Gasteiger partial charge is 0.255 e. The molecule has 7 heteroatoms. The fraction of sp³-hybridized carbons (Fsp3) is 0.0377. The first-order valence-corrected chi connectivity index (χ1v) is 20.0. The lowest BCUT2D eigenvalue weighted by atomic mass is 9.86. The number of pyridine rings is 4. The monoisotopic (exact) mass is 769 g/mol. The molecule has 0 unspecified atom stereocenters. The van der Waals surface area contributed by atoms with Crippen molar-refractivity contribution in [3.8, 4) is 68.1 Å². The second-order valence-electron chi connectivity index (χ2n) is 15.0. The third kappa shape index (κ3) is 5.95. The predicted octanol–water partition coefficient (Wildman–Crippen LogP) is 12.7. The lowest BCUT2D eigenvalue weighted by Crippen LogP contribution is -2.00. The standard InChI is InChI=1S/C53H35N7/c1-32-45-39-19-9-10-20-41(39)56-49(42-21-11-13-29-54-42)47(45)33(2)46-40-28-27-38(31-44(40)57-50(48(32)46)43-22-12-14-30-55-43)34-23-25-37(26-24-34)53-59-51(35-15-5-3-6-16-35)58-52(60-53)36-17-7-4-8-18-36/h3-31H,1-2H3. The van der Waals surface area contributed by atoms with Crippen molar-refractivity contribution in [3.05, 3.63) is 187 Å². The predicted molar refractivity (Wildman–Crippen MR) is 243 cm³/mol. The van der Waals surface area contributed by atoms with Crippen molar-refractivity contribution in [2.24, 2.45) is 0 Å². The van der Waals surface area contributed by atoms with Crippen LogP contribution < -0.4 is 0 Å². The number of aromatic nitrogens is 7. The van der Waals surface area contributed by atoms with Crippen molar-refractivity contribution in [3.63, 3.8) is 0 Å². The van der Waals surface area contributed by atoms with E-state index in [4.69, 9.17) is 34.9 Å². The smallest absolute Gasteiger partial charge is 0.164 e. The van der Waals surface area contributed by atoms with Crippen molar-refractivity contribution >= 4 is 43.4 Å². The summed E-state index contributed by atoms with van der Waals surface area (Å²) in [7, 11) is 0. The molecular weight excluding hydrogens is 735 g/mol. The van der Waals surface area contributed by atoms with E-state index in [0.29, 0.717) is 17.5 Å². The maximum atomic E-state index is 5.45. The maximum Gasteiger partial charge on any atom is 0.164 e. The van der Waals surface area contributed by atoms with E-state index in [1.54, 1.807) is 0 Å². The summed E-state index contributed by atoms with van der Waals surface area (Å²) in [6, 6.07) is 55.5. The Morgan fingerprint density at radius 2 is 0.750 bits per heavy atom. The van der Waals surface area contributed by atoms with Gasteiger partial charge in [0.1, 0.15) is 0 Å². The summed E-state index contributed by atoms with van der Waals surface area (Å²) in [6.07, 6.45) is 3.67. The molecule has 0 bridgehead atoms. The Morgan fingerprint density at radius 3 is 1.28 bits per heavy atom. The minimum Gasteiger partial charge on any atom is -0.255 e.